The first kappa shape index (κ1) is 14.5. The Morgan fingerprint density at radius 1 is 1.40 bits per heavy atom. The molecule has 1 aromatic rings. The number of rotatable bonds is 4. The lowest BCUT2D eigenvalue weighted by atomic mass is 9.94. The number of amides is 1. The Labute approximate surface area is 120 Å². The Morgan fingerprint density at radius 2 is 2.10 bits per heavy atom. The van der Waals surface area contributed by atoms with Crippen molar-refractivity contribution in [3.8, 4) is 6.07 Å². The zero-order chi connectivity index (χ0) is 14.5. The number of carbonyl (C=O) groups excluding carboxylic acids is 1. The fourth-order valence-corrected chi connectivity index (χ4v) is 2.73. The molecule has 4 nitrogen and oxygen atoms in total. The van der Waals surface area contributed by atoms with E-state index >= 15 is 0 Å². The van der Waals surface area contributed by atoms with Crippen LogP contribution in [0.1, 0.15) is 37.8 Å². The normalized spacial score (nSPS) is 24.6. The number of carbonyl (C=O) groups is 1. The van der Waals surface area contributed by atoms with Crippen molar-refractivity contribution >= 4 is 5.91 Å². The number of hydrogen-bond donors (Lipinski definition) is 2. The molecule has 4 unspecified atom stereocenters. The molecule has 3 N–H and O–H groups in total. The minimum absolute atomic E-state index is 0.0158. The third-order valence-corrected chi connectivity index (χ3v) is 4.15. The van der Waals surface area contributed by atoms with Crippen molar-refractivity contribution in [1.29, 1.82) is 5.26 Å². The van der Waals surface area contributed by atoms with Gasteiger partial charge in [0.05, 0.1) is 17.9 Å². The van der Waals surface area contributed by atoms with Gasteiger partial charge in [-0.05, 0) is 24.8 Å². The quantitative estimate of drug-likeness (QED) is 0.880. The molecular weight excluding hydrogens is 250 g/mol. The Hall–Kier alpha value is -1.86. The van der Waals surface area contributed by atoms with Crippen LogP contribution < -0.4 is 11.1 Å². The molecule has 0 radical (unpaired) electrons. The maximum Gasteiger partial charge on any atom is 0.225 e. The summed E-state index contributed by atoms with van der Waals surface area (Å²) in [5.74, 6) is -0.426. The molecule has 0 heterocycles. The van der Waals surface area contributed by atoms with Crippen molar-refractivity contribution in [1.82, 2.24) is 5.32 Å². The van der Waals surface area contributed by atoms with E-state index in [0.29, 0.717) is 0 Å². The van der Waals surface area contributed by atoms with Crippen molar-refractivity contribution in [3.63, 3.8) is 0 Å². The second-order valence-electron chi connectivity index (χ2n) is 5.51. The summed E-state index contributed by atoms with van der Waals surface area (Å²) in [6.07, 6.45) is 2.76. The lowest BCUT2D eigenvalue weighted by molar-refractivity contribution is -0.126. The van der Waals surface area contributed by atoms with Gasteiger partial charge in [0.2, 0.25) is 5.91 Å². The lowest BCUT2D eigenvalue weighted by Crippen LogP contribution is -2.42. The highest BCUT2D eigenvalue weighted by atomic mass is 16.2. The molecule has 1 saturated carbocycles. The lowest BCUT2D eigenvalue weighted by Gasteiger charge is -2.23. The third-order valence-electron chi connectivity index (χ3n) is 4.15. The third kappa shape index (κ3) is 3.17. The monoisotopic (exact) mass is 271 g/mol. The highest BCUT2D eigenvalue weighted by molar-refractivity contribution is 5.79. The van der Waals surface area contributed by atoms with Crippen LogP contribution in [0.2, 0.25) is 0 Å². The highest BCUT2D eigenvalue weighted by Gasteiger charge is 2.31. The fraction of sp³-hybridized carbons (Fsp3) is 0.500. The molecule has 0 bridgehead atoms. The Balaban J connectivity index is 1.97. The van der Waals surface area contributed by atoms with Gasteiger partial charge in [-0.2, -0.15) is 5.26 Å². The van der Waals surface area contributed by atoms with Crippen molar-refractivity contribution in [3.05, 3.63) is 35.9 Å². The van der Waals surface area contributed by atoms with Crippen LogP contribution in [0.4, 0.5) is 0 Å². The number of nitriles is 1. The minimum atomic E-state index is -0.321. The zero-order valence-corrected chi connectivity index (χ0v) is 11.8. The summed E-state index contributed by atoms with van der Waals surface area (Å²) in [6, 6.07) is 11.6. The molecule has 106 valence electrons. The number of benzene rings is 1. The molecular formula is C16H21N3O. The Kier molecular flexibility index (Phi) is 4.75. The van der Waals surface area contributed by atoms with Gasteiger partial charge >= 0.3 is 0 Å². The van der Waals surface area contributed by atoms with E-state index in [1.54, 1.807) is 0 Å². The molecule has 1 aliphatic rings. The van der Waals surface area contributed by atoms with Gasteiger partial charge in [-0.1, -0.05) is 37.3 Å². The first-order valence-electron chi connectivity index (χ1n) is 7.14. The SMILES string of the molecule is CC(C(=O)NC1CCCC1C#N)C(N)c1ccccc1. The van der Waals surface area contributed by atoms with Crippen LogP contribution in [0.5, 0.6) is 0 Å². The second kappa shape index (κ2) is 6.53. The van der Waals surface area contributed by atoms with Gasteiger partial charge < -0.3 is 11.1 Å². The van der Waals surface area contributed by atoms with Gasteiger partial charge in [-0.15, -0.1) is 0 Å². The predicted octanol–water partition coefficient (Wildman–Crippen LogP) is 2.13. The molecule has 4 heteroatoms. The zero-order valence-electron chi connectivity index (χ0n) is 11.8. The summed E-state index contributed by atoms with van der Waals surface area (Å²) in [4.78, 5) is 12.3. The molecule has 1 fully saturated rings. The van der Waals surface area contributed by atoms with Gasteiger partial charge in [-0.25, -0.2) is 0 Å². The maximum absolute atomic E-state index is 12.3. The van der Waals surface area contributed by atoms with Gasteiger partial charge in [0.1, 0.15) is 0 Å². The van der Waals surface area contributed by atoms with Crippen molar-refractivity contribution < 1.29 is 4.79 Å². The molecule has 0 saturated heterocycles. The van der Waals surface area contributed by atoms with E-state index in [1.165, 1.54) is 0 Å². The fourth-order valence-electron chi connectivity index (χ4n) is 2.73. The molecule has 1 aromatic carbocycles. The predicted molar refractivity (Wildman–Crippen MR) is 77.4 cm³/mol. The van der Waals surface area contributed by atoms with Gasteiger partial charge in [0, 0.05) is 12.1 Å². The number of nitrogens with zero attached hydrogens (tertiary/aromatic N) is 1. The first-order chi connectivity index (χ1) is 9.63. The van der Waals surface area contributed by atoms with E-state index in [2.05, 4.69) is 11.4 Å². The molecule has 0 aliphatic heterocycles. The summed E-state index contributed by atoms with van der Waals surface area (Å²) in [6.45, 7) is 1.84. The van der Waals surface area contributed by atoms with E-state index in [-0.39, 0.29) is 29.8 Å². The Bertz CT molecular complexity index is 494. The smallest absolute Gasteiger partial charge is 0.225 e. The summed E-state index contributed by atoms with van der Waals surface area (Å²) in [5, 5.41) is 12.0. The molecule has 2 rings (SSSR count). The van der Waals surface area contributed by atoms with Crippen molar-refractivity contribution in [2.45, 2.75) is 38.3 Å². The van der Waals surface area contributed by atoms with Gasteiger partial charge in [0.15, 0.2) is 0 Å². The van der Waals surface area contributed by atoms with Crippen LogP contribution in [0, 0.1) is 23.2 Å². The van der Waals surface area contributed by atoms with Crippen LogP contribution in [-0.4, -0.2) is 11.9 Å². The van der Waals surface area contributed by atoms with Crippen LogP contribution >= 0.6 is 0 Å². The topological polar surface area (TPSA) is 78.9 Å². The summed E-state index contributed by atoms with van der Waals surface area (Å²) in [7, 11) is 0. The largest absolute Gasteiger partial charge is 0.352 e. The van der Waals surface area contributed by atoms with E-state index in [0.717, 1.165) is 24.8 Å². The minimum Gasteiger partial charge on any atom is -0.352 e. The molecule has 20 heavy (non-hydrogen) atoms. The van der Waals surface area contributed by atoms with Crippen LogP contribution in [0.15, 0.2) is 30.3 Å². The standard InChI is InChI=1S/C16H21N3O/c1-11(15(18)12-6-3-2-4-7-12)16(20)19-14-9-5-8-13(14)10-17/h2-4,6-7,11,13-15H,5,8-9,18H2,1H3,(H,19,20). The summed E-state index contributed by atoms with van der Waals surface area (Å²) < 4.78 is 0. The second-order valence-corrected chi connectivity index (χ2v) is 5.51. The van der Waals surface area contributed by atoms with Gasteiger partial charge in [-0.3, -0.25) is 4.79 Å². The van der Waals surface area contributed by atoms with Crippen LogP contribution in [0.3, 0.4) is 0 Å². The van der Waals surface area contributed by atoms with E-state index in [1.807, 2.05) is 37.3 Å². The van der Waals surface area contributed by atoms with Gasteiger partial charge in [0.25, 0.3) is 0 Å². The maximum atomic E-state index is 12.3. The van der Waals surface area contributed by atoms with Crippen LogP contribution in [0.25, 0.3) is 0 Å². The van der Waals surface area contributed by atoms with Crippen molar-refractivity contribution in [2.24, 2.45) is 17.6 Å². The molecule has 1 amide bonds. The van der Waals surface area contributed by atoms with Crippen molar-refractivity contribution in [2.75, 3.05) is 0 Å². The van der Waals surface area contributed by atoms with E-state index < -0.39 is 0 Å². The molecule has 4 atom stereocenters. The molecule has 0 aromatic heterocycles. The summed E-state index contributed by atoms with van der Waals surface area (Å²) >= 11 is 0. The Morgan fingerprint density at radius 3 is 2.75 bits per heavy atom. The number of nitrogens with one attached hydrogen (secondary N) is 1. The molecule has 1 aliphatic carbocycles. The number of nitrogens with two attached hydrogens (primary N) is 1. The van der Waals surface area contributed by atoms with E-state index in [4.69, 9.17) is 11.0 Å². The van der Waals surface area contributed by atoms with E-state index in [9.17, 15) is 4.79 Å². The summed E-state index contributed by atoms with van der Waals surface area (Å²) in [5.41, 5.74) is 7.11. The average Bonchev–Trinajstić information content (AvgIpc) is 2.93. The number of hydrogen-bond acceptors (Lipinski definition) is 3. The average molecular weight is 271 g/mol. The first-order valence-corrected chi connectivity index (χ1v) is 7.14. The molecule has 0 spiro atoms. The van der Waals surface area contributed by atoms with Crippen LogP contribution in [-0.2, 0) is 4.79 Å². The highest BCUT2D eigenvalue weighted by Crippen LogP contribution is 2.26.